The molecule has 0 spiro atoms. The molecule has 21 heavy (non-hydrogen) atoms. The summed E-state index contributed by atoms with van der Waals surface area (Å²) in [6.07, 6.45) is 0. The molecule has 0 amide bonds. The van der Waals surface area contributed by atoms with Crippen LogP contribution >= 0.6 is 11.3 Å². The molecule has 0 aliphatic heterocycles. The first-order valence-electron chi connectivity index (χ1n) is 6.97. The third-order valence-corrected chi connectivity index (χ3v) is 4.11. The summed E-state index contributed by atoms with van der Waals surface area (Å²) >= 11 is 1.61. The maximum atomic E-state index is 5.74. The minimum absolute atomic E-state index is 0.607. The third-order valence-electron chi connectivity index (χ3n) is 3.25. The summed E-state index contributed by atoms with van der Waals surface area (Å²) in [5.74, 6) is 1.27. The summed E-state index contributed by atoms with van der Waals surface area (Å²) in [4.78, 5) is 3.29. The Labute approximate surface area is 128 Å². The molecule has 0 saturated carbocycles. The summed E-state index contributed by atoms with van der Waals surface area (Å²) in [5, 5.41) is 10.3. The van der Waals surface area contributed by atoms with E-state index in [-0.39, 0.29) is 0 Å². The van der Waals surface area contributed by atoms with E-state index in [1.807, 2.05) is 23.6 Å². The molecule has 0 unspecified atom stereocenters. The number of hydrogen-bond acceptors (Lipinski definition) is 5. The number of rotatable bonds is 6. The summed E-state index contributed by atoms with van der Waals surface area (Å²) in [7, 11) is 0. The maximum absolute atomic E-state index is 5.74. The molecule has 0 fully saturated rings. The van der Waals surface area contributed by atoms with Crippen LogP contribution in [0.3, 0.4) is 0 Å². The lowest BCUT2D eigenvalue weighted by Gasteiger charge is -2.18. The van der Waals surface area contributed by atoms with Gasteiger partial charge in [0, 0.05) is 6.54 Å². The van der Waals surface area contributed by atoms with Crippen molar-refractivity contribution in [2.45, 2.75) is 20.0 Å². The predicted molar refractivity (Wildman–Crippen MR) is 83.8 cm³/mol. The number of hydrogen-bond donors (Lipinski definition) is 0. The Bertz CT molecular complexity index is 664. The molecule has 1 aromatic carbocycles. The van der Waals surface area contributed by atoms with E-state index in [9.17, 15) is 0 Å². The van der Waals surface area contributed by atoms with Crippen molar-refractivity contribution >= 4 is 11.3 Å². The van der Waals surface area contributed by atoms with Crippen molar-refractivity contribution in [3.63, 3.8) is 0 Å². The van der Waals surface area contributed by atoms with Crippen LogP contribution in [-0.4, -0.2) is 21.6 Å². The smallest absolute Gasteiger partial charge is 0.257 e. The Hall–Kier alpha value is -1.98. The molecule has 5 heteroatoms. The van der Waals surface area contributed by atoms with E-state index in [0.717, 1.165) is 18.0 Å². The quantitative estimate of drug-likeness (QED) is 0.694. The number of aromatic nitrogens is 2. The van der Waals surface area contributed by atoms with Crippen LogP contribution in [0.5, 0.6) is 0 Å². The first kappa shape index (κ1) is 14.0. The van der Waals surface area contributed by atoms with Gasteiger partial charge in [0.2, 0.25) is 5.89 Å². The SMILES string of the molecule is CCN(Cc1ccccc1)Cc1nnc(-c2cccs2)o1. The lowest BCUT2D eigenvalue weighted by atomic mass is 10.2. The van der Waals surface area contributed by atoms with Crippen LogP contribution < -0.4 is 0 Å². The van der Waals surface area contributed by atoms with Gasteiger partial charge in [-0.25, -0.2) is 0 Å². The zero-order valence-electron chi connectivity index (χ0n) is 11.9. The molecule has 0 saturated heterocycles. The van der Waals surface area contributed by atoms with Gasteiger partial charge in [-0.15, -0.1) is 21.5 Å². The van der Waals surface area contributed by atoms with E-state index in [1.54, 1.807) is 11.3 Å². The molecule has 0 N–H and O–H groups in total. The van der Waals surface area contributed by atoms with Crippen LogP contribution in [0.15, 0.2) is 52.3 Å². The molecule has 4 nitrogen and oxygen atoms in total. The fourth-order valence-corrected chi connectivity index (χ4v) is 2.77. The minimum Gasteiger partial charge on any atom is -0.419 e. The van der Waals surface area contributed by atoms with E-state index in [4.69, 9.17) is 4.42 Å². The molecule has 2 aromatic heterocycles. The van der Waals surface area contributed by atoms with Gasteiger partial charge in [0.25, 0.3) is 5.89 Å². The van der Waals surface area contributed by atoms with Crippen molar-refractivity contribution in [3.8, 4) is 10.8 Å². The largest absolute Gasteiger partial charge is 0.419 e. The highest BCUT2D eigenvalue weighted by atomic mass is 32.1. The van der Waals surface area contributed by atoms with E-state index in [2.05, 4.69) is 46.3 Å². The monoisotopic (exact) mass is 299 g/mol. The van der Waals surface area contributed by atoms with Gasteiger partial charge in [-0.1, -0.05) is 43.3 Å². The average Bonchev–Trinajstić information content (AvgIpc) is 3.18. The summed E-state index contributed by atoms with van der Waals surface area (Å²) < 4.78 is 5.74. The van der Waals surface area contributed by atoms with Gasteiger partial charge in [-0.05, 0) is 23.6 Å². The standard InChI is InChI=1S/C16H17N3OS/c1-2-19(11-13-7-4-3-5-8-13)12-15-17-18-16(20-15)14-9-6-10-21-14/h3-10H,2,11-12H2,1H3. The van der Waals surface area contributed by atoms with Crippen molar-refractivity contribution in [1.82, 2.24) is 15.1 Å². The van der Waals surface area contributed by atoms with Gasteiger partial charge < -0.3 is 4.42 Å². The molecule has 0 aliphatic carbocycles. The highest BCUT2D eigenvalue weighted by Gasteiger charge is 2.12. The number of nitrogens with zero attached hydrogens (tertiary/aromatic N) is 3. The molecule has 108 valence electrons. The van der Waals surface area contributed by atoms with E-state index in [1.165, 1.54) is 5.56 Å². The zero-order chi connectivity index (χ0) is 14.5. The highest BCUT2D eigenvalue weighted by molar-refractivity contribution is 7.13. The Balaban J connectivity index is 1.67. The van der Waals surface area contributed by atoms with Gasteiger partial charge >= 0.3 is 0 Å². The Kier molecular flexibility index (Phi) is 4.43. The number of thiophene rings is 1. The second kappa shape index (κ2) is 6.65. The summed E-state index contributed by atoms with van der Waals surface area (Å²) in [5.41, 5.74) is 1.29. The second-order valence-electron chi connectivity index (χ2n) is 4.77. The van der Waals surface area contributed by atoms with Crippen molar-refractivity contribution in [1.29, 1.82) is 0 Å². The van der Waals surface area contributed by atoms with Gasteiger partial charge in [-0.3, -0.25) is 4.90 Å². The zero-order valence-corrected chi connectivity index (χ0v) is 12.7. The molecule has 3 rings (SSSR count). The number of benzene rings is 1. The van der Waals surface area contributed by atoms with Crippen LogP contribution in [0.1, 0.15) is 18.4 Å². The average molecular weight is 299 g/mol. The van der Waals surface area contributed by atoms with Crippen molar-refractivity contribution in [2.24, 2.45) is 0 Å². The summed E-state index contributed by atoms with van der Waals surface area (Å²) in [6.45, 7) is 4.63. The second-order valence-corrected chi connectivity index (χ2v) is 5.71. The summed E-state index contributed by atoms with van der Waals surface area (Å²) in [6, 6.07) is 14.4. The lowest BCUT2D eigenvalue weighted by molar-refractivity contribution is 0.243. The predicted octanol–water partition coefficient (Wildman–Crippen LogP) is 3.82. The molecule has 0 radical (unpaired) electrons. The fraction of sp³-hybridized carbons (Fsp3) is 0.250. The van der Waals surface area contributed by atoms with Gasteiger partial charge in [0.1, 0.15) is 0 Å². The molecular formula is C16H17N3OS. The lowest BCUT2D eigenvalue weighted by Crippen LogP contribution is -2.22. The Morgan fingerprint density at radius 1 is 1.05 bits per heavy atom. The van der Waals surface area contributed by atoms with E-state index >= 15 is 0 Å². The first-order chi connectivity index (χ1) is 10.3. The third kappa shape index (κ3) is 3.56. The Morgan fingerprint density at radius 3 is 2.62 bits per heavy atom. The minimum atomic E-state index is 0.607. The topological polar surface area (TPSA) is 42.2 Å². The van der Waals surface area contributed by atoms with E-state index < -0.39 is 0 Å². The first-order valence-corrected chi connectivity index (χ1v) is 7.85. The van der Waals surface area contributed by atoms with Crippen molar-refractivity contribution < 1.29 is 4.42 Å². The molecule has 3 aromatic rings. The maximum Gasteiger partial charge on any atom is 0.257 e. The van der Waals surface area contributed by atoms with Gasteiger partial charge in [-0.2, -0.15) is 0 Å². The van der Waals surface area contributed by atoms with Crippen LogP contribution in [0.4, 0.5) is 0 Å². The molecular weight excluding hydrogens is 282 g/mol. The highest BCUT2D eigenvalue weighted by Crippen LogP contribution is 2.23. The Morgan fingerprint density at radius 2 is 1.90 bits per heavy atom. The van der Waals surface area contributed by atoms with Gasteiger partial charge in [0.05, 0.1) is 11.4 Å². The molecule has 0 bridgehead atoms. The van der Waals surface area contributed by atoms with Crippen LogP contribution in [0.2, 0.25) is 0 Å². The molecule has 2 heterocycles. The van der Waals surface area contributed by atoms with Crippen molar-refractivity contribution in [2.75, 3.05) is 6.54 Å². The normalized spacial score (nSPS) is 11.1. The van der Waals surface area contributed by atoms with Gasteiger partial charge in [0.15, 0.2) is 0 Å². The van der Waals surface area contributed by atoms with Crippen LogP contribution in [0.25, 0.3) is 10.8 Å². The molecule has 0 aliphatic rings. The van der Waals surface area contributed by atoms with Crippen LogP contribution in [0, 0.1) is 0 Å². The van der Waals surface area contributed by atoms with Crippen LogP contribution in [-0.2, 0) is 13.1 Å². The van der Waals surface area contributed by atoms with E-state index in [0.29, 0.717) is 18.3 Å². The van der Waals surface area contributed by atoms with Crippen molar-refractivity contribution in [3.05, 3.63) is 59.3 Å². The molecule has 0 atom stereocenters. The fourth-order valence-electron chi connectivity index (χ4n) is 2.13.